The fraction of sp³-hybridized carbons (Fsp3) is 0.118. The van der Waals surface area contributed by atoms with Crippen LogP contribution in [0.15, 0.2) is 42.5 Å². The lowest BCUT2D eigenvalue weighted by Gasteiger charge is -2.04. The van der Waals surface area contributed by atoms with Crippen LogP contribution in [0.4, 0.5) is 4.39 Å². The summed E-state index contributed by atoms with van der Waals surface area (Å²) in [6.07, 6.45) is 0.329. The first-order valence-electron chi connectivity index (χ1n) is 6.44. The van der Waals surface area contributed by atoms with Gasteiger partial charge in [0.25, 0.3) is 0 Å². The summed E-state index contributed by atoms with van der Waals surface area (Å²) in [7, 11) is 0. The average molecular weight is 264 g/mol. The second-order valence-corrected chi connectivity index (χ2v) is 4.82. The van der Waals surface area contributed by atoms with Crippen LogP contribution >= 0.6 is 0 Å². The van der Waals surface area contributed by atoms with Gasteiger partial charge < -0.3 is 4.98 Å². The number of aromatic amines is 1. The van der Waals surface area contributed by atoms with E-state index in [1.54, 1.807) is 19.1 Å². The normalized spacial score (nSPS) is 10.7. The molecule has 0 spiro atoms. The van der Waals surface area contributed by atoms with E-state index in [0.717, 1.165) is 27.7 Å². The van der Waals surface area contributed by atoms with E-state index in [1.807, 2.05) is 24.3 Å². The van der Waals surface area contributed by atoms with Gasteiger partial charge in [0.2, 0.25) is 0 Å². The highest BCUT2D eigenvalue weighted by Crippen LogP contribution is 2.31. The number of nitrogens with one attached hydrogen (secondary N) is 1. The van der Waals surface area contributed by atoms with Crippen molar-refractivity contribution in [3.05, 3.63) is 59.4 Å². The van der Waals surface area contributed by atoms with Gasteiger partial charge in [-0.2, -0.15) is 5.26 Å². The molecule has 0 bridgehead atoms. The van der Waals surface area contributed by atoms with Crippen molar-refractivity contribution in [3.63, 3.8) is 0 Å². The molecule has 0 saturated carbocycles. The van der Waals surface area contributed by atoms with Crippen molar-refractivity contribution >= 4 is 10.9 Å². The summed E-state index contributed by atoms with van der Waals surface area (Å²) in [4.78, 5) is 3.34. The van der Waals surface area contributed by atoms with Crippen LogP contribution in [0.2, 0.25) is 0 Å². The number of nitrogens with zero attached hydrogens (tertiary/aromatic N) is 1. The maximum absolute atomic E-state index is 13.4. The minimum absolute atomic E-state index is 0.216. The van der Waals surface area contributed by atoms with Crippen molar-refractivity contribution in [1.82, 2.24) is 4.98 Å². The van der Waals surface area contributed by atoms with Crippen molar-refractivity contribution in [2.24, 2.45) is 0 Å². The first kappa shape index (κ1) is 12.4. The molecule has 0 radical (unpaired) electrons. The Kier molecular flexibility index (Phi) is 3.00. The number of nitriles is 1. The highest BCUT2D eigenvalue weighted by atomic mass is 19.1. The molecule has 2 nitrogen and oxygen atoms in total. The van der Waals surface area contributed by atoms with Crippen LogP contribution in [-0.4, -0.2) is 4.98 Å². The van der Waals surface area contributed by atoms with Gasteiger partial charge in [-0.15, -0.1) is 0 Å². The van der Waals surface area contributed by atoms with Crippen molar-refractivity contribution in [1.29, 1.82) is 5.26 Å². The monoisotopic (exact) mass is 264 g/mol. The van der Waals surface area contributed by atoms with Crippen molar-refractivity contribution in [2.45, 2.75) is 13.3 Å². The number of rotatable bonds is 2. The summed E-state index contributed by atoms with van der Waals surface area (Å²) < 4.78 is 13.4. The minimum Gasteiger partial charge on any atom is -0.354 e. The van der Waals surface area contributed by atoms with Gasteiger partial charge >= 0.3 is 0 Å². The number of H-pyrrole nitrogens is 1. The standard InChI is InChI=1S/C17H13FN2/c1-11-10-12(6-7-15(11)18)17-14(8-9-19)13-4-2-3-5-16(13)20-17/h2-7,10,20H,8H2,1H3. The van der Waals surface area contributed by atoms with E-state index < -0.39 is 0 Å². The van der Waals surface area contributed by atoms with Crippen molar-refractivity contribution < 1.29 is 4.39 Å². The Labute approximate surface area is 116 Å². The zero-order chi connectivity index (χ0) is 14.1. The first-order valence-corrected chi connectivity index (χ1v) is 6.44. The number of aryl methyl sites for hydroxylation is 1. The highest BCUT2D eigenvalue weighted by Gasteiger charge is 2.13. The Bertz CT molecular complexity index is 825. The molecule has 0 saturated heterocycles. The molecule has 3 heteroatoms. The molecule has 3 rings (SSSR count). The van der Waals surface area contributed by atoms with Crippen molar-refractivity contribution in [2.75, 3.05) is 0 Å². The van der Waals surface area contributed by atoms with Crippen molar-refractivity contribution in [3.8, 4) is 17.3 Å². The molecule has 1 aromatic heterocycles. The smallest absolute Gasteiger partial charge is 0.126 e. The number of fused-ring (bicyclic) bond motifs is 1. The topological polar surface area (TPSA) is 39.6 Å². The molecule has 98 valence electrons. The van der Waals surface area contributed by atoms with Crippen LogP contribution < -0.4 is 0 Å². The fourth-order valence-corrected chi connectivity index (χ4v) is 2.51. The largest absolute Gasteiger partial charge is 0.354 e. The SMILES string of the molecule is Cc1cc(-c2[nH]c3ccccc3c2CC#N)ccc1F. The summed E-state index contributed by atoms with van der Waals surface area (Å²) in [6.45, 7) is 1.74. The number of hydrogen-bond acceptors (Lipinski definition) is 1. The molecule has 1 heterocycles. The summed E-state index contributed by atoms with van der Waals surface area (Å²) in [5.74, 6) is -0.216. The van der Waals surface area contributed by atoms with Gasteiger partial charge in [-0.25, -0.2) is 4.39 Å². The number of benzene rings is 2. The van der Waals surface area contributed by atoms with Gasteiger partial charge in [-0.05, 0) is 47.9 Å². The third-order valence-electron chi connectivity index (χ3n) is 3.52. The fourth-order valence-electron chi connectivity index (χ4n) is 2.51. The van der Waals surface area contributed by atoms with Crippen LogP contribution in [0.1, 0.15) is 11.1 Å². The predicted molar refractivity (Wildman–Crippen MR) is 77.7 cm³/mol. The molecule has 0 fully saturated rings. The second-order valence-electron chi connectivity index (χ2n) is 4.82. The third kappa shape index (κ3) is 1.96. The predicted octanol–water partition coefficient (Wildman–Crippen LogP) is 4.35. The van der Waals surface area contributed by atoms with Crippen LogP contribution in [0.5, 0.6) is 0 Å². The molecule has 0 atom stereocenters. The molecule has 20 heavy (non-hydrogen) atoms. The molecule has 0 unspecified atom stereocenters. The Morgan fingerprint density at radius 3 is 2.75 bits per heavy atom. The lowest BCUT2D eigenvalue weighted by molar-refractivity contribution is 0.619. The molecule has 2 aromatic carbocycles. The molecule has 0 aliphatic rings. The number of para-hydroxylation sites is 1. The minimum atomic E-state index is -0.216. The molecule has 3 aromatic rings. The summed E-state index contributed by atoms with van der Waals surface area (Å²) in [6, 6.07) is 15.1. The van der Waals surface area contributed by atoms with Crippen LogP contribution in [0.25, 0.3) is 22.2 Å². The van der Waals surface area contributed by atoms with E-state index in [0.29, 0.717) is 12.0 Å². The zero-order valence-corrected chi connectivity index (χ0v) is 11.1. The van der Waals surface area contributed by atoms with Gasteiger partial charge in [0.15, 0.2) is 0 Å². The lowest BCUT2D eigenvalue weighted by atomic mass is 10.0. The maximum Gasteiger partial charge on any atom is 0.126 e. The maximum atomic E-state index is 13.4. The summed E-state index contributed by atoms with van der Waals surface area (Å²) in [5, 5.41) is 10.1. The van der Waals surface area contributed by atoms with E-state index in [1.165, 1.54) is 6.07 Å². The van der Waals surface area contributed by atoms with Gasteiger partial charge in [-0.1, -0.05) is 18.2 Å². The Morgan fingerprint density at radius 2 is 2.00 bits per heavy atom. The molecular formula is C17H13FN2. The van der Waals surface area contributed by atoms with E-state index in [-0.39, 0.29) is 5.82 Å². The Morgan fingerprint density at radius 1 is 1.20 bits per heavy atom. The lowest BCUT2D eigenvalue weighted by Crippen LogP contribution is -1.88. The van der Waals surface area contributed by atoms with Gasteiger partial charge in [0, 0.05) is 10.9 Å². The van der Waals surface area contributed by atoms with E-state index >= 15 is 0 Å². The zero-order valence-electron chi connectivity index (χ0n) is 11.1. The van der Waals surface area contributed by atoms with Gasteiger partial charge in [0.05, 0.1) is 18.2 Å². The summed E-state index contributed by atoms with van der Waals surface area (Å²) >= 11 is 0. The quantitative estimate of drug-likeness (QED) is 0.734. The highest BCUT2D eigenvalue weighted by molar-refractivity contribution is 5.91. The van der Waals surface area contributed by atoms with Crippen LogP contribution in [0, 0.1) is 24.1 Å². The third-order valence-corrected chi connectivity index (χ3v) is 3.52. The Hall–Kier alpha value is -2.60. The van der Waals surface area contributed by atoms with E-state index in [9.17, 15) is 4.39 Å². The van der Waals surface area contributed by atoms with Crippen LogP contribution in [0.3, 0.4) is 0 Å². The first-order chi connectivity index (χ1) is 9.70. The molecule has 1 N–H and O–H groups in total. The second kappa shape index (κ2) is 4.82. The van der Waals surface area contributed by atoms with Gasteiger partial charge in [-0.3, -0.25) is 0 Å². The average Bonchev–Trinajstić information content (AvgIpc) is 2.82. The molecule has 0 amide bonds. The number of halogens is 1. The molecule has 0 aliphatic heterocycles. The Balaban J connectivity index is 2.27. The van der Waals surface area contributed by atoms with E-state index in [2.05, 4.69) is 11.1 Å². The van der Waals surface area contributed by atoms with E-state index in [4.69, 9.17) is 5.26 Å². The molecular weight excluding hydrogens is 251 g/mol. The molecule has 0 aliphatic carbocycles. The summed E-state index contributed by atoms with van der Waals surface area (Å²) in [5.41, 5.74) is 4.37. The van der Waals surface area contributed by atoms with Gasteiger partial charge in [0.1, 0.15) is 5.82 Å². The number of aromatic nitrogens is 1. The number of hydrogen-bond donors (Lipinski definition) is 1. The van der Waals surface area contributed by atoms with Crippen LogP contribution in [-0.2, 0) is 6.42 Å².